The van der Waals surface area contributed by atoms with Crippen LogP contribution in [0.5, 0.6) is 0 Å². The molecule has 0 aliphatic carbocycles. The summed E-state index contributed by atoms with van der Waals surface area (Å²) in [6, 6.07) is 3.12. The molecule has 0 bridgehead atoms. The molecule has 9 N–H and O–H groups in total. The second-order valence-electron chi connectivity index (χ2n) is 23.1. The third-order valence-corrected chi connectivity index (χ3v) is 15.4. The van der Waals surface area contributed by atoms with E-state index in [4.69, 9.17) is 0 Å². The van der Waals surface area contributed by atoms with Gasteiger partial charge in [-0.2, -0.15) is 0 Å². The highest BCUT2D eigenvalue weighted by atomic mass is 16.2. The van der Waals surface area contributed by atoms with Gasteiger partial charge in [-0.25, -0.2) is 29.3 Å². The zero-order valence-electron chi connectivity index (χ0n) is 51.4. The second-order valence-corrected chi connectivity index (χ2v) is 23.1. The Morgan fingerprint density at radius 1 is 0.354 bits per heavy atom. The molecule has 18 nitrogen and oxygen atoms in total. The minimum absolute atomic E-state index is 0.0717. The van der Waals surface area contributed by atoms with E-state index in [1.807, 2.05) is 0 Å². The van der Waals surface area contributed by atoms with Crippen molar-refractivity contribution in [3.05, 3.63) is 66.3 Å². The van der Waals surface area contributed by atoms with Gasteiger partial charge in [0.05, 0.1) is 0 Å². The average molecular weight is 1150 g/mol. The van der Waals surface area contributed by atoms with Gasteiger partial charge in [0.1, 0.15) is 0 Å². The fraction of sp³-hybridized carbons (Fsp3) is 0.766. The molecule has 0 aliphatic rings. The van der Waals surface area contributed by atoms with Crippen LogP contribution in [-0.2, 0) is 19.3 Å². The predicted molar refractivity (Wildman–Crippen MR) is 337 cm³/mol. The molecule has 82 heavy (non-hydrogen) atoms. The van der Waals surface area contributed by atoms with Crippen LogP contribution >= 0.6 is 0 Å². The summed E-state index contributed by atoms with van der Waals surface area (Å²) >= 11 is 0. The highest BCUT2D eigenvalue weighted by Crippen LogP contribution is 2.18. The summed E-state index contributed by atoms with van der Waals surface area (Å²) in [5.74, 6) is 0.433. The highest BCUT2D eigenvalue weighted by molar-refractivity contribution is 5.88. The van der Waals surface area contributed by atoms with Gasteiger partial charge in [0.2, 0.25) is 17.8 Å². The molecule has 6 amide bonds. The molecular weight excluding hydrogens is 1030 g/mol. The Morgan fingerprint density at radius 3 is 0.890 bits per heavy atom. The lowest BCUT2D eigenvalue weighted by Crippen LogP contribution is -2.34. The zero-order valence-corrected chi connectivity index (χ0v) is 51.4. The fourth-order valence-electron chi connectivity index (χ4n) is 10.6. The average Bonchev–Trinajstić information content (AvgIpc) is 3.53. The molecule has 0 aromatic carbocycles. The monoisotopic (exact) mass is 1140 g/mol. The number of hydrogen-bond donors (Lipinski definition) is 9. The summed E-state index contributed by atoms with van der Waals surface area (Å²) < 4.78 is 0. The number of carbonyl (C=O) groups excluding carboxylic acids is 3. The quantitative estimate of drug-likeness (QED) is 0.0243. The van der Waals surface area contributed by atoms with E-state index < -0.39 is 18.1 Å². The van der Waals surface area contributed by atoms with E-state index >= 15 is 0 Å². The smallest absolute Gasteiger partial charge is 0.321 e. The van der Waals surface area contributed by atoms with Crippen molar-refractivity contribution in [1.29, 1.82) is 0 Å². The molecule has 0 saturated carbocycles. The number of hydrogen-bond acceptors (Lipinski definition) is 9. The van der Waals surface area contributed by atoms with Crippen LogP contribution in [0.15, 0.2) is 32.6 Å². The molecule has 0 aliphatic heterocycles. The van der Waals surface area contributed by atoms with Crippen LogP contribution in [0.4, 0.5) is 32.2 Å². The topological polar surface area (TPSA) is 261 Å². The number of nitrogens with one attached hydrogen (secondary N) is 9. The Kier molecular flexibility index (Phi) is 41.3. The highest BCUT2D eigenvalue weighted by Gasteiger charge is 2.14. The molecule has 0 spiro atoms. The van der Waals surface area contributed by atoms with E-state index in [9.17, 15) is 28.8 Å². The third-order valence-electron chi connectivity index (χ3n) is 15.4. The minimum Gasteiger partial charge on any atom is -0.338 e. The van der Waals surface area contributed by atoms with Gasteiger partial charge in [-0.05, 0) is 70.1 Å². The molecule has 0 saturated heterocycles. The first-order chi connectivity index (χ1) is 40.1. The molecule has 0 fully saturated rings. The van der Waals surface area contributed by atoms with E-state index in [1.165, 1.54) is 185 Å². The van der Waals surface area contributed by atoms with E-state index in [1.54, 1.807) is 0 Å². The first kappa shape index (κ1) is 70.7. The van der Waals surface area contributed by atoms with E-state index in [2.05, 4.69) is 82.6 Å². The number of carbonyl (C=O) groups is 3. The molecule has 0 radical (unpaired) electrons. The number of H-pyrrole nitrogens is 3. The SMILES string of the molecule is CCCCCCCCCCCCCc1cc(=O)[nH]c(NC(=O)NCCCCC(CCCCNC(=O)Nc2nc(CCCCCCCCCCCCC)cc(=O)[nH]2)CNC(=O)Nc2nc(CCCCCCCCCCCCC)cc(=O)[nH]2)n1. The Bertz CT molecular complexity index is 2190. The number of amides is 6. The summed E-state index contributed by atoms with van der Waals surface area (Å²) in [7, 11) is 0. The number of unbranched alkanes of at least 4 members (excludes halogenated alkanes) is 32. The molecule has 0 unspecified atom stereocenters. The van der Waals surface area contributed by atoms with Crippen molar-refractivity contribution in [3.8, 4) is 0 Å². The van der Waals surface area contributed by atoms with Crippen LogP contribution in [0.3, 0.4) is 0 Å². The fourth-order valence-corrected chi connectivity index (χ4v) is 10.6. The lowest BCUT2D eigenvalue weighted by Gasteiger charge is -2.18. The molecule has 3 aromatic rings. The van der Waals surface area contributed by atoms with Crippen LogP contribution in [0, 0.1) is 5.92 Å². The number of aryl methyl sites for hydroxylation is 3. The molecule has 464 valence electrons. The van der Waals surface area contributed by atoms with Crippen molar-refractivity contribution >= 4 is 35.9 Å². The van der Waals surface area contributed by atoms with Crippen LogP contribution in [0.25, 0.3) is 0 Å². The maximum Gasteiger partial charge on any atom is 0.321 e. The van der Waals surface area contributed by atoms with Crippen molar-refractivity contribution in [2.75, 3.05) is 35.6 Å². The summed E-state index contributed by atoms with van der Waals surface area (Å²) in [4.78, 5) is 97.8. The van der Waals surface area contributed by atoms with Gasteiger partial charge in [-0.15, -0.1) is 0 Å². The standard InChI is InChI=1S/C64H112N12O6/c1-4-7-10-13-16-19-22-25-28-31-34-43-53-48-56(77)71-59(68-53)74-62(80)65-46-39-37-41-52(51-67-64(82)76-61-70-55(50-58(79)73-61)45-36-33-30-27-24-21-18-15-12-9-6-3)42-38-40-47-66-63(81)75-60-69-54(49-57(78)72-60)44-35-32-29-26-23-20-17-14-11-8-5-2/h48-50,52H,4-47,51H2,1-3H3,(H3,65,68,71,74,77,80)(H3,66,69,72,75,78,81)(H3,67,70,73,76,79,82). The van der Waals surface area contributed by atoms with Crippen molar-refractivity contribution in [2.24, 2.45) is 5.92 Å². The molecule has 0 atom stereocenters. The van der Waals surface area contributed by atoms with Crippen molar-refractivity contribution < 1.29 is 14.4 Å². The molecule has 3 heterocycles. The molecule has 18 heteroatoms. The Balaban J connectivity index is 1.44. The van der Waals surface area contributed by atoms with Gasteiger partial charge in [0, 0.05) is 54.9 Å². The minimum atomic E-state index is -0.472. The summed E-state index contributed by atoms with van der Waals surface area (Å²) in [5, 5.41) is 16.8. The zero-order chi connectivity index (χ0) is 58.9. The van der Waals surface area contributed by atoms with E-state index in [0.29, 0.717) is 68.8 Å². The largest absolute Gasteiger partial charge is 0.338 e. The predicted octanol–water partition coefficient (Wildman–Crippen LogP) is 15.2. The second kappa shape index (κ2) is 47.9. The van der Waals surface area contributed by atoms with Crippen molar-refractivity contribution in [2.45, 2.75) is 290 Å². The maximum absolute atomic E-state index is 13.2. The van der Waals surface area contributed by atoms with Crippen molar-refractivity contribution in [1.82, 2.24) is 45.9 Å². The Hall–Kier alpha value is -5.55. The van der Waals surface area contributed by atoms with Crippen LogP contribution in [-0.4, -0.2) is 67.6 Å². The molecular formula is C64H112N12O6. The van der Waals surface area contributed by atoms with Crippen molar-refractivity contribution in [3.63, 3.8) is 0 Å². The number of aromatic amines is 3. The van der Waals surface area contributed by atoms with Gasteiger partial charge in [0.25, 0.3) is 16.7 Å². The van der Waals surface area contributed by atoms with E-state index in [0.717, 1.165) is 70.6 Å². The van der Waals surface area contributed by atoms with Crippen LogP contribution in [0.1, 0.15) is 288 Å². The number of rotatable bonds is 51. The number of aromatic nitrogens is 6. The first-order valence-corrected chi connectivity index (χ1v) is 33.0. The Morgan fingerprint density at radius 2 is 0.610 bits per heavy atom. The summed E-state index contributed by atoms with van der Waals surface area (Å²) in [6.45, 7) is 7.88. The van der Waals surface area contributed by atoms with Crippen LogP contribution < -0.4 is 48.6 Å². The number of anilines is 3. The third kappa shape index (κ3) is 38.3. The first-order valence-electron chi connectivity index (χ1n) is 33.0. The van der Waals surface area contributed by atoms with Gasteiger partial charge in [0.15, 0.2) is 0 Å². The van der Waals surface area contributed by atoms with Gasteiger partial charge >= 0.3 is 18.1 Å². The van der Waals surface area contributed by atoms with E-state index in [-0.39, 0.29) is 40.4 Å². The maximum atomic E-state index is 13.2. The van der Waals surface area contributed by atoms with Gasteiger partial charge in [-0.1, -0.05) is 226 Å². The summed E-state index contributed by atoms with van der Waals surface area (Å²) in [6.07, 6.45) is 47.2. The normalized spacial score (nSPS) is 11.3. The lowest BCUT2D eigenvalue weighted by molar-refractivity contribution is 0.247. The summed E-state index contributed by atoms with van der Waals surface area (Å²) in [5.41, 5.74) is 1.06. The number of nitrogens with zero attached hydrogens (tertiary/aromatic N) is 3. The van der Waals surface area contributed by atoms with Crippen LogP contribution in [0.2, 0.25) is 0 Å². The van der Waals surface area contributed by atoms with Gasteiger partial charge < -0.3 is 16.0 Å². The molecule has 3 aromatic heterocycles. The Labute approximate surface area is 492 Å². The number of urea groups is 3. The lowest BCUT2D eigenvalue weighted by atomic mass is 9.95. The molecule has 3 rings (SSSR count). The van der Waals surface area contributed by atoms with Gasteiger partial charge in [-0.3, -0.25) is 45.3 Å².